The lowest BCUT2D eigenvalue weighted by Crippen LogP contribution is -2.29. The first kappa shape index (κ1) is 15.9. The molecule has 0 atom stereocenters. The van der Waals surface area contributed by atoms with Gasteiger partial charge in [0.15, 0.2) is 0 Å². The van der Waals surface area contributed by atoms with E-state index in [1.54, 1.807) is 12.4 Å². The quantitative estimate of drug-likeness (QED) is 0.728. The van der Waals surface area contributed by atoms with E-state index in [2.05, 4.69) is 26.9 Å². The van der Waals surface area contributed by atoms with Crippen LogP contribution in [0, 0.1) is 0 Å². The Morgan fingerprint density at radius 3 is 2.75 bits per heavy atom. The second-order valence-electron chi connectivity index (χ2n) is 5.54. The second kappa shape index (κ2) is 7.04. The van der Waals surface area contributed by atoms with Crippen LogP contribution in [0.1, 0.15) is 18.9 Å². The molecule has 2 N–H and O–H groups in total. The van der Waals surface area contributed by atoms with Crippen molar-refractivity contribution >= 4 is 22.7 Å². The molecule has 6 heteroatoms. The van der Waals surface area contributed by atoms with Crippen molar-refractivity contribution < 1.29 is 9.90 Å². The van der Waals surface area contributed by atoms with E-state index in [0.29, 0.717) is 6.54 Å². The number of benzene rings is 1. The number of amides is 1. The molecule has 0 aliphatic rings. The molecule has 2 heterocycles. The predicted octanol–water partition coefficient (Wildman–Crippen LogP) is 3.48. The van der Waals surface area contributed by atoms with Crippen LogP contribution >= 0.6 is 0 Å². The maximum Gasteiger partial charge on any atom is 0.404 e. The monoisotopic (exact) mass is 324 g/mol. The van der Waals surface area contributed by atoms with Gasteiger partial charge in [0.25, 0.3) is 0 Å². The van der Waals surface area contributed by atoms with E-state index in [4.69, 9.17) is 5.11 Å². The number of carboxylic acid groups (broad SMARTS) is 1. The summed E-state index contributed by atoms with van der Waals surface area (Å²) in [7, 11) is 0. The SMILES string of the molecule is CCCN(c1ccncc1)n1ccc2cc(CNC(=O)O)ccc21. The Bertz CT molecular complexity index is 829. The van der Waals surface area contributed by atoms with Crippen LogP contribution in [0.5, 0.6) is 0 Å². The Balaban J connectivity index is 1.95. The lowest BCUT2D eigenvalue weighted by Gasteiger charge is -2.26. The normalized spacial score (nSPS) is 10.7. The number of hydrogen-bond acceptors (Lipinski definition) is 3. The van der Waals surface area contributed by atoms with Crippen LogP contribution in [0.25, 0.3) is 10.9 Å². The summed E-state index contributed by atoms with van der Waals surface area (Å²) in [5, 5.41) is 14.4. The molecule has 0 aliphatic heterocycles. The average molecular weight is 324 g/mol. The molecule has 0 saturated carbocycles. The Hall–Kier alpha value is -3.02. The first-order chi connectivity index (χ1) is 11.7. The number of nitrogens with one attached hydrogen (secondary N) is 1. The zero-order chi connectivity index (χ0) is 16.9. The smallest absolute Gasteiger partial charge is 0.404 e. The fourth-order valence-corrected chi connectivity index (χ4v) is 2.76. The third kappa shape index (κ3) is 3.32. The van der Waals surface area contributed by atoms with E-state index in [1.807, 2.05) is 42.6 Å². The summed E-state index contributed by atoms with van der Waals surface area (Å²) in [4.78, 5) is 14.7. The minimum atomic E-state index is -1.01. The van der Waals surface area contributed by atoms with Gasteiger partial charge in [0, 0.05) is 37.1 Å². The lowest BCUT2D eigenvalue weighted by atomic mass is 10.1. The van der Waals surface area contributed by atoms with Crippen LogP contribution in [0.2, 0.25) is 0 Å². The molecule has 2 aromatic heterocycles. The van der Waals surface area contributed by atoms with Crippen LogP contribution in [-0.4, -0.2) is 27.4 Å². The van der Waals surface area contributed by atoms with E-state index >= 15 is 0 Å². The number of carbonyl (C=O) groups is 1. The number of rotatable bonds is 6. The first-order valence-electron chi connectivity index (χ1n) is 7.93. The molecule has 3 rings (SSSR count). The Morgan fingerprint density at radius 2 is 2.04 bits per heavy atom. The molecule has 0 bridgehead atoms. The van der Waals surface area contributed by atoms with E-state index < -0.39 is 6.09 Å². The molecule has 6 nitrogen and oxygen atoms in total. The number of nitrogens with zero attached hydrogens (tertiary/aromatic N) is 3. The summed E-state index contributed by atoms with van der Waals surface area (Å²) in [6.45, 7) is 3.34. The van der Waals surface area contributed by atoms with Crippen LogP contribution in [-0.2, 0) is 6.54 Å². The van der Waals surface area contributed by atoms with E-state index in [1.165, 1.54) is 0 Å². The number of anilines is 1. The van der Waals surface area contributed by atoms with Gasteiger partial charge in [-0.1, -0.05) is 13.0 Å². The molecule has 0 fully saturated rings. The highest BCUT2D eigenvalue weighted by molar-refractivity contribution is 5.82. The summed E-state index contributed by atoms with van der Waals surface area (Å²) in [6.07, 6.45) is 5.62. The van der Waals surface area contributed by atoms with Crippen molar-refractivity contribution in [1.82, 2.24) is 15.0 Å². The van der Waals surface area contributed by atoms with Gasteiger partial charge in [-0.05, 0) is 42.3 Å². The van der Waals surface area contributed by atoms with Gasteiger partial charge in [-0.15, -0.1) is 0 Å². The van der Waals surface area contributed by atoms with Crippen molar-refractivity contribution in [3.63, 3.8) is 0 Å². The number of fused-ring (bicyclic) bond motifs is 1. The molecule has 0 radical (unpaired) electrons. The molecular formula is C18H20N4O2. The summed E-state index contributed by atoms with van der Waals surface area (Å²) in [5.41, 5.74) is 3.11. The molecule has 0 saturated heterocycles. The Kier molecular flexibility index (Phi) is 4.65. The summed E-state index contributed by atoms with van der Waals surface area (Å²) < 4.78 is 2.13. The van der Waals surface area contributed by atoms with E-state index in [0.717, 1.165) is 35.1 Å². The van der Waals surface area contributed by atoms with Crippen LogP contribution in [0.15, 0.2) is 55.0 Å². The summed E-state index contributed by atoms with van der Waals surface area (Å²) in [6, 6.07) is 12.0. The lowest BCUT2D eigenvalue weighted by molar-refractivity contribution is 0.194. The second-order valence-corrected chi connectivity index (χ2v) is 5.54. The Labute approximate surface area is 140 Å². The van der Waals surface area contributed by atoms with Gasteiger partial charge in [-0.3, -0.25) is 14.7 Å². The average Bonchev–Trinajstić information content (AvgIpc) is 3.01. The van der Waals surface area contributed by atoms with E-state index in [9.17, 15) is 4.79 Å². The van der Waals surface area contributed by atoms with Crippen LogP contribution in [0.4, 0.5) is 10.5 Å². The maximum atomic E-state index is 10.6. The van der Waals surface area contributed by atoms with Gasteiger partial charge in [0.1, 0.15) is 0 Å². The van der Waals surface area contributed by atoms with E-state index in [-0.39, 0.29) is 0 Å². The highest BCUT2D eigenvalue weighted by Gasteiger charge is 2.11. The third-order valence-electron chi connectivity index (χ3n) is 3.83. The van der Waals surface area contributed by atoms with Crippen molar-refractivity contribution in [2.24, 2.45) is 0 Å². The number of aromatic nitrogens is 2. The molecule has 124 valence electrons. The van der Waals surface area contributed by atoms with Gasteiger partial charge >= 0.3 is 6.09 Å². The molecule has 1 amide bonds. The molecular weight excluding hydrogens is 304 g/mol. The Morgan fingerprint density at radius 1 is 1.25 bits per heavy atom. The van der Waals surface area contributed by atoms with Gasteiger partial charge < -0.3 is 10.4 Å². The maximum absolute atomic E-state index is 10.6. The third-order valence-corrected chi connectivity index (χ3v) is 3.83. The van der Waals surface area contributed by atoms with Gasteiger partial charge in [-0.25, -0.2) is 4.79 Å². The standard InChI is InChI=1S/C18H20N4O2/c1-2-10-21(16-5-8-19-9-6-16)22-11-7-15-12-14(3-4-17(15)22)13-20-18(23)24/h3-9,11-12,20H,2,10,13H2,1H3,(H,23,24). The highest BCUT2D eigenvalue weighted by Crippen LogP contribution is 2.22. The van der Waals surface area contributed by atoms with Gasteiger partial charge in [0.05, 0.1) is 11.2 Å². The zero-order valence-corrected chi connectivity index (χ0v) is 13.5. The van der Waals surface area contributed by atoms with Gasteiger partial charge in [-0.2, -0.15) is 0 Å². The molecule has 0 unspecified atom stereocenters. The molecule has 3 aromatic rings. The molecule has 24 heavy (non-hydrogen) atoms. The van der Waals surface area contributed by atoms with Crippen molar-refractivity contribution in [2.45, 2.75) is 19.9 Å². The van der Waals surface area contributed by atoms with Crippen molar-refractivity contribution in [3.05, 3.63) is 60.6 Å². The number of hydrogen-bond donors (Lipinski definition) is 2. The molecule has 1 aromatic carbocycles. The number of pyridine rings is 1. The highest BCUT2D eigenvalue weighted by atomic mass is 16.4. The predicted molar refractivity (Wildman–Crippen MR) is 94.1 cm³/mol. The van der Waals surface area contributed by atoms with Crippen LogP contribution < -0.4 is 10.3 Å². The van der Waals surface area contributed by atoms with Crippen molar-refractivity contribution in [2.75, 3.05) is 11.6 Å². The first-order valence-corrected chi connectivity index (χ1v) is 7.93. The summed E-state index contributed by atoms with van der Waals surface area (Å²) >= 11 is 0. The molecule has 0 aliphatic carbocycles. The van der Waals surface area contributed by atoms with Crippen molar-refractivity contribution in [1.29, 1.82) is 0 Å². The van der Waals surface area contributed by atoms with Crippen molar-refractivity contribution in [3.8, 4) is 0 Å². The minimum Gasteiger partial charge on any atom is -0.465 e. The van der Waals surface area contributed by atoms with Gasteiger partial charge in [0.2, 0.25) is 0 Å². The fourth-order valence-electron chi connectivity index (χ4n) is 2.76. The minimum absolute atomic E-state index is 0.305. The fraction of sp³-hybridized carbons (Fsp3) is 0.222. The molecule has 0 spiro atoms. The summed E-state index contributed by atoms with van der Waals surface area (Å²) in [5.74, 6) is 0. The zero-order valence-electron chi connectivity index (χ0n) is 13.5. The largest absolute Gasteiger partial charge is 0.465 e. The topological polar surface area (TPSA) is 70.4 Å². The van der Waals surface area contributed by atoms with Crippen LogP contribution in [0.3, 0.4) is 0 Å².